The lowest BCUT2D eigenvalue weighted by Crippen LogP contribution is -2.62. The van der Waals surface area contributed by atoms with Crippen molar-refractivity contribution in [1.29, 1.82) is 0 Å². The molecule has 4 aromatic rings. The molecule has 0 radical (unpaired) electrons. The monoisotopic (exact) mass is 654 g/mol. The average molecular weight is 655 g/mol. The molecule has 4 rings (SSSR count). The van der Waals surface area contributed by atoms with E-state index in [1.807, 2.05) is 0 Å². The lowest BCUT2D eigenvalue weighted by atomic mass is 9.99. The van der Waals surface area contributed by atoms with Gasteiger partial charge in [-0.1, -0.05) is 49.7 Å². The third-order valence-electron chi connectivity index (χ3n) is 7.02. The summed E-state index contributed by atoms with van der Waals surface area (Å²) in [6.45, 7) is 5.46. The molecule has 242 valence electrons. The Morgan fingerprint density at radius 2 is 1.35 bits per heavy atom. The molecule has 0 aliphatic rings. The van der Waals surface area contributed by atoms with Gasteiger partial charge in [0, 0.05) is 30.1 Å². The third-order valence-corrected chi connectivity index (χ3v) is 7.26. The van der Waals surface area contributed by atoms with Crippen LogP contribution in [0, 0.1) is 23.4 Å². The van der Waals surface area contributed by atoms with E-state index in [1.165, 1.54) is 23.2 Å². The van der Waals surface area contributed by atoms with Gasteiger partial charge in [0.15, 0.2) is 23.1 Å². The van der Waals surface area contributed by atoms with Crippen LogP contribution in [0.15, 0.2) is 84.9 Å². The van der Waals surface area contributed by atoms with Crippen molar-refractivity contribution in [2.45, 2.75) is 39.4 Å². The van der Waals surface area contributed by atoms with Crippen LogP contribution in [0.1, 0.15) is 31.9 Å². The van der Waals surface area contributed by atoms with Gasteiger partial charge >= 0.3 is 0 Å². The van der Waals surface area contributed by atoms with Crippen LogP contribution in [-0.2, 0) is 22.7 Å². The van der Waals surface area contributed by atoms with Gasteiger partial charge in [-0.3, -0.25) is 19.9 Å². The molecule has 46 heavy (non-hydrogen) atoms. The number of ether oxygens (including phenoxy) is 2. The molecular weight excluding hydrogens is 621 g/mol. The summed E-state index contributed by atoms with van der Waals surface area (Å²) in [4.78, 5) is 25.8. The smallest absolute Gasteiger partial charge is 0.239 e. The molecule has 0 saturated heterocycles. The molecule has 8 nitrogen and oxygen atoms in total. The molecule has 0 aromatic heterocycles. The van der Waals surface area contributed by atoms with E-state index in [0.717, 1.165) is 29.3 Å². The first kappa shape index (κ1) is 34.3. The summed E-state index contributed by atoms with van der Waals surface area (Å²) < 4.78 is 52.3. The standard InChI is InChI=1S/C34H34ClF3N4O4/c1-21(2)32(43)42(41-19-23-6-12-27(13-7-23)45-30-14-8-24(35)16-28(30)37)20-34(3,33(39)44)40-18-22-4-10-26(11-5-22)46-31-15-9-25(36)17-29(31)38/h4-17,21,40-41H,18-20H2,1-3H3,(H2,39,44). The highest BCUT2D eigenvalue weighted by molar-refractivity contribution is 6.30. The molecule has 0 spiro atoms. The van der Waals surface area contributed by atoms with Crippen molar-refractivity contribution in [3.8, 4) is 23.0 Å². The number of benzene rings is 4. The minimum absolute atomic E-state index is 0.0341. The van der Waals surface area contributed by atoms with E-state index in [2.05, 4.69) is 10.7 Å². The van der Waals surface area contributed by atoms with Crippen LogP contribution in [-0.4, -0.2) is 28.9 Å². The van der Waals surface area contributed by atoms with Gasteiger partial charge < -0.3 is 15.2 Å². The van der Waals surface area contributed by atoms with Crippen LogP contribution in [0.4, 0.5) is 13.2 Å². The van der Waals surface area contributed by atoms with Crippen molar-refractivity contribution in [2.24, 2.45) is 11.7 Å². The number of hydrazine groups is 1. The highest BCUT2D eigenvalue weighted by Gasteiger charge is 2.35. The van der Waals surface area contributed by atoms with Gasteiger partial charge in [0.2, 0.25) is 11.8 Å². The summed E-state index contributed by atoms with van der Waals surface area (Å²) in [5.41, 5.74) is 9.13. The number of nitrogens with two attached hydrogens (primary N) is 1. The lowest BCUT2D eigenvalue weighted by molar-refractivity contribution is -0.140. The number of carbonyl (C=O) groups is 2. The van der Waals surface area contributed by atoms with Gasteiger partial charge in [0.25, 0.3) is 0 Å². The van der Waals surface area contributed by atoms with Gasteiger partial charge in [-0.05, 0) is 72.6 Å². The molecule has 12 heteroatoms. The minimum Gasteiger partial charge on any atom is -0.454 e. The molecule has 0 aliphatic carbocycles. The zero-order valence-corrected chi connectivity index (χ0v) is 26.2. The number of carbonyl (C=O) groups excluding carboxylic acids is 2. The molecular formula is C34H34ClF3N4O4. The summed E-state index contributed by atoms with van der Waals surface area (Å²) in [5.74, 6) is -2.75. The van der Waals surface area contributed by atoms with Gasteiger partial charge in [-0.2, -0.15) is 0 Å². The number of hydrogen-bond acceptors (Lipinski definition) is 6. The van der Waals surface area contributed by atoms with E-state index < -0.39 is 28.9 Å². The topological polar surface area (TPSA) is 106 Å². The molecule has 0 fully saturated rings. The highest BCUT2D eigenvalue weighted by Crippen LogP contribution is 2.27. The second-order valence-electron chi connectivity index (χ2n) is 11.1. The van der Waals surface area contributed by atoms with Gasteiger partial charge in [0.05, 0.1) is 6.54 Å². The quantitative estimate of drug-likeness (QED) is 0.128. The average Bonchev–Trinajstić information content (AvgIpc) is 3.02. The van der Waals surface area contributed by atoms with Crippen molar-refractivity contribution in [2.75, 3.05) is 6.54 Å². The van der Waals surface area contributed by atoms with Crippen LogP contribution in [0.5, 0.6) is 23.0 Å². The highest BCUT2D eigenvalue weighted by atomic mass is 35.5. The number of nitrogens with one attached hydrogen (secondary N) is 2. The Morgan fingerprint density at radius 3 is 1.85 bits per heavy atom. The molecule has 0 bridgehead atoms. The first-order chi connectivity index (χ1) is 21.8. The number of hydrogen-bond donors (Lipinski definition) is 3. The van der Waals surface area contributed by atoms with Gasteiger partial charge in [-0.25, -0.2) is 18.6 Å². The van der Waals surface area contributed by atoms with E-state index in [9.17, 15) is 22.8 Å². The van der Waals surface area contributed by atoms with Crippen LogP contribution < -0.4 is 25.9 Å². The van der Waals surface area contributed by atoms with E-state index in [1.54, 1.807) is 69.3 Å². The molecule has 2 amide bonds. The van der Waals surface area contributed by atoms with E-state index in [4.69, 9.17) is 26.8 Å². The van der Waals surface area contributed by atoms with Crippen LogP contribution in [0.3, 0.4) is 0 Å². The number of rotatable bonds is 14. The van der Waals surface area contributed by atoms with Crippen LogP contribution >= 0.6 is 11.6 Å². The Hall–Kier alpha value is -4.58. The Morgan fingerprint density at radius 1 is 0.826 bits per heavy atom. The summed E-state index contributed by atoms with van der Waals surface area (Å²) in [6.07, 6.45) is 0. The predicted octanol–water partition coefficient (Wildman–Crippen LogP) is 6.86. The summed E-state index contributed by atoms with van der Waals surface area (Å²) in [7, 11) is 0. The summed E-state index contributed by atoms with van der Waals surface area (Å²) in [5, 5.41) is 4.78. The van der Waals surface area contributed by atoms with Gasteiger partial charge in [-0.15, -0.1) is 0 Å². The number of halogens is 4. The zero-order valence-electron chi connectivity index (χ0n) is 25.5. The fourth-order valence-corrected chi connectivity index (χ4v) is 4.42. The summed E-state index contributed by atoms with van der Waals surface area (Å²) in [6, 6.07) is 20.7. The van der Waals surface area contributed by atoms with E-state index in [-0.39, 0.29) is 48.0 Å². The first-order valence-corrected chi connectivity index (χ1v) is 14.7. The van der Waals surface area contributed by atoms with Crippen LogP contribution in [0.2, 0.25) is 5.02 Å². The van der Waals surface area contributed by atoms with Gasteiger partial charge in [0.1, 0.15) is 22.9 Å². The second kappa shape index (κ2) is 15.1. The molecule has 1 atom stereocenters. The molecule has 0 aliphatic heterocycles. The molecule has 1 unspecified atom stereocenters. The molecule has 4 N–H and O–H groups in total. The normalized spacial score (nSPS) is 12.4. The Labute approximate surface area is 270 Å². The maximum absolute atomic E-state index is 14.1. The predicted molar refractivity (Wildman–Crippen MR) is 169 cm³/mol. The summed E-state index contributed by atoms with van der Waals surface area (Å²) >= 11 is 5.80. The Bertz CT molecular complexity index is 1670. The van der Waals surface area contributed by atoms with E-state index in [0.29, 0.717) is 11.5 Å². The molecule has 4 aromatic carbocycles. The Kier molecular flexibility index (Phi) is 11.3. The zero-order chi connectivity index (χ0) is 33.4. The van der Waals surface area contributed by atoms with Crippen LogP contribution in [0.25, 0.3) is 0 Å². The van der Waals surface area contributed by atoms with Crippen molar-refractivity contribution >= 4 is 23.4 Å². The van der Waals surface area contributed by atoms with Crippen molar-refractivity contribution in [3.05, 3.63) is 119 Å². The Balaban J connectivity index is 1.38. The number of amides is 2. The van der Waals surface area contributed by atoms with Crippen molar-refractivity contribution in [1.82, 2.24) is 15.8 Å². The minimum atomic E-state index is -1.33. The first-order valence-electron chi connectivity index (χ1n) is 14.4. The number of primary amides is 1. The van der Waals surface area contributed by atoms with Crippen molar-refractivity contribution < 1.29 is 32.2 Å². The van der Waals surface area contributed by atoms with E-state index >= 15 is 0 Å². The maximum Gasteiger partial charge on any atom is 0.239 e. The largest absolute Gasteiger partial charge is 0.454 e. The third kappa shape index (κ3) is 9.23. The molecule has 0 heterocycles. The second-order valence-corrected chi connectivity index (χ2v) is 11.5. The molecule has 0 saturated carbocycles. The lowest BCUT2D eigenvalue weighted by Gasteiger charge is -2.35. The fraction of sp³-hybridized carbons (Fsp3) is 0.235. The fourth-order valence-electron chi connectivity index (χ4n) is 4.27. The maximum atomic E-state index is 14.1. The SMILES string of the molecule is CC(C)C(=O)N(CC(C)(NCc1ccc(Oc2ccc(F)cc2F)cc1)C(N)=O)NCc1ccc(Oc2ccc(Cl)cc2F)cc1. The number of nitrogens with zero attached hydrogens (tertiary/aromatic N) is 1. The van der Waals surface area contributed by atoms with Crippen molar-refractivity contribution in [3.63, 3.8) is 0 Å².